The molecule has 10 nitrogen and oxygen atoms in total. The predicted octanol–water partition coefficient (Wildman–Crippen LogP) is 2.87. The van der Waals surface area contributed by atoms with Crippen molar-refractivity contribution in [3.8, 4) is 0 Å². The standard InChI is InChI=1S/C24H22N4O6/c1-27(20-8-3-2-7-19(20)23(30)25-14-17-6-4-13-32-17)22(29)16-33-24(31)21-10-9-18(34-21)15-28-12-5-11-26-28/h2-13H,14-16H2,1H3,(H,25,30). The van der Waals surface area contributed by atoms with Crippen LogP contribution in [0.5, 0.6) is 0 Å². The average Bonchev–Trinajstić information content (AvgIpc) is 3.64. The molecule has 1 N–H and O–H groups in total. The zero-order chi connectivity index (χ0) is 23.9. The first kappa shape index (κ1) is 22.6. The molecule has 0 aliphatic rings. The smallest absolute Gasteiger partial charge is 0.374 e. The highest BCUT2D eigenvalue weighted by atomic mass is 16.5. The lowest BCUT2D eigenvalue weighted by molar-refractivity contribution is -0.121. The van der Waals surface area contributed by atoms with Crippen LogP contribution in [0.4, 0.5) is 5.69 Å². The summed E-state index contributed by atoms with van der Waals surface area (Å²) >= 11 is 0. The number of carbonyl (C=O) groups is 3. The summed E-state index contributed by atoms with van der Waals surface area (Å²) in [5.41, 5.74) is 0.672. The van der Waals surface area contributed by atoms with Crippen molar-refractivity contribution in [2.24, 2.45) is 0 Å². The second-order valence-corrected chi connectivity index (χ2v) is 7.28. The topological polar surface area (TPSA) is 120 Å². The van der Waals surface area contributed by atoms with Gasteiger partial charge in [-0.3, -0.25) is 14.3 Å². The fourth-order valence-corrected chi connectivity index (χ4v) is 3.19. The first-order valence-electron chi connectivity index (χ1n) is 10.4. The Morgan fingerprint density at radius 2 is 1.91 bits per heavy atom. The molecule has 4 aromatic rings. The maximum absolute atomic E-state index is 12.7. The molecule has 0 aliphatic heterocycles. The lowest BCUT2D eigenvalue weighted by Crippen LogP contribution is -2.33. The summed E-state index contributed by atoms with van der Waals surface area (Å²) in [4.78, 5) is 38.9. The minimum Gasteiger partial charge on any atom is -0.467 e. The Kier molecular flexibility index (Phi) is 6.87. The van der Waals surface area contributed by atoms with Crippen molar-refractivity contribution in [1.82, 2.24) is 15.1 Å². The van der Waals surface area contributed by atoms with Crippen LogP contribution in [0.25, 0.3) is 0 Å². The molecule has 0 radical (unpaired) electrons. The molecule has 0 bridgehead atoms. The van der Waals surface area contributed by atoms with Gasteiger partial charge in [0, 0.05) is 19.4 Å². The summed E-state index contributed by atoms with van der Waals surface area (Å²) in [5.74, 6) is -0.540. The van der Waals surface area contributed by atoms with Crippen LogP contribution in [0.15, 0.2) is 82.1 Å². The van der Waals surface area contributed by atoms with Gasteiger partial charge in [0.1, 0.15) is 11.5 Å². The number of likely N-dealkylation sites (N-methyl/N-ethyl adjacent to an activating group) is 1. The fourth-order valence-electron chi connectivity index (χ4n) is 3.19. The highest BCUT2D eigenvalue weighted by Gasteiger charge is 2.21. The van der Waals surface area contributed by atoms with Crippen LogP contribution in [0.2, 0.25) is 0 Å². The Hall–Kier alpha value is -4.60. The van der Waals surface area contributed by atoms with Gasteiger partial charge in [-0.15, -0.1) is 0 Å². The number of carbonyl (C=O) groups excluding carboxylic acids is 3. The molecular weight excluding hydrogens is 440 g/mol. The van der Waals surface area contributed by atoms with Gasteiger partial charge >= 0.3 is 5.97 Å². The summed E-state index contributed by atoms with van der Waals surface area (Å²) in [5, 5.41) is 6.83. The van der Waals surface area contributed by atoms with E-state index in [1.807, 2.05) is 0 Å². The Morgan fingerprint density at radius 3 is 2.68 bits per heavy atom. The van der Waals surface area contributed by atoms with Gasteiger partial charge in [0.15, 0.2) is 6.61 Å². The van der Waals surface area contributed by atoms with Crippen molar-refractivity contribution in [2.75, 3.05) is 18.6 Å². The number of para-hydroxylation sites is 1. The number of nitrogens with zero attached hydrogens (tertiary/aromatic N) is 3. The van der Waals surface area contributed by atoms with Crippen LogP contribution in [0.3, 0.4) is 0 Å². The van der Waals surface area contributed by atoms with Crippen molar-refractivity contribution >= 4 is 23.5 Å². The quantitative estimate of drug-likeness (QED) is 0.380. The van der Waals surface area contributed by atoms with Gasteiger partial charge in [0.2, 0.25) is 5.76 Å². The third-order valence-corrected chi connectivity index (χ3v) is 4.95. The fraction of sp³-hybridized carbons (Fsp3) is 0.167. The highest BCUT2D eigenvalue weighted by molar-refractivity contribution is 6.05. The van der Waals surface area contributed by atoms with Gasteiger partial charge in [-0.1, -0.05) is 12.1 Å². The zero-order valence-electron chi connectivity index (χ0n) is 18.3. The summed E-state index contributed by atoms with van der Waals surface area (Å²) < 4.78 is 17.5. The molecule has 3 aromatic heterocycles. The number of nitrogens with one attached hydrogen (secondary N) is 1. The Labute approximate surface area is 194 Å². The van der Waals surface area contributed by atoms with E-state index in [0.717, 1.165) is 0 Å². The highest BCUT2D eigenvalue weighted by Crippen LogP contribution is 2.20. The lowest BCUT2D eigenvalue weighted by atomic mass is 10.1. The number of hydrogen-bond donors (Lipinski definition) is 1. The molecule has 0 aliphatic carbocycles. The second-order valence-electron chi connectivity index (χ2n) is 7.28. The van der Waals surface area contributed by atoms with E-state index < -0.39 is 18.5 Å². The molecule has 1 aromatic carbocycles. The van der Waals surface area contributed by atoms with Crippen LogP contribution in [-0.4, -0.2) is 41.2 Å². The maximum atomic E-state index is 12.7. The molecule has 3 heterocycles. The van der Waals surface area contributed by atoms with Crippen molar-refractivity contribution in [2.45, 2.75) is 13.1 Å². The molecule has 0 spiro atoms. The molecular formula is C24H22N4O6. The van der Waals surface area contributed by atoms with Gasteiger partial charge in [0.25, 0.3) is 11.8 Å². The second kappa shape index (κ2) is 10.3. The number of benzene rings is 1. The van der Waals surface area contributed by atoms with Gasteiger partial charge in [-0.25, -0.2) is 4.79 Å². The molecule has 2 amide bonds. The minimum atomic E-state index is -0.766. The molecule has 0 saturated heterocycles. The molecule has 34 heavy (non-hydrogen) atoms. The van der Waals surface area contributed by atoms with Gasteiger partial charge in [-0.05, 0) is 42.5 Å². The first-order valence-corrected chi connectivity index (χ1v) is 10.4. The molecule has 174 valence electrons. The van der Waals surface area contributed by atoms with Gasteiger partial charge in [-0.2, -0.15) is 5.10 Å². The van der Waals surface area contributed by atoms with E-state index in [0.29, 0.717) is 29.3 Å². The monoisotopic (exact) mass is 462 g/mol. The van der Waals surface area contributed by atoms with Crippen LogP contribution in [0.1, 0.15) is 32.4 Å². The number of hydrogen-bond acceptors (Lipinski definition) is 7. The average molecular weight is 462 g/mol. The van der Waals surface area contributed by atoms with Gasteiger partial charge < -0.3 is 23.8 Å². The summed E-state index contributed by atoms with van der Waals surface area (Å²) in [6.07, 6.45) is 4.93. The molecule has 0 unspecified atom stereocenters. The summed E-state index contributed by atoms with van der Waals surface area (Å²) in [6, 6.07) is 15.0. The first-order chi connectivity index (χ1) is 16.5. The lowest BCUT2D eigenvalue weighted by Gasteiger charge is -2.20. The Bertz CT molecular complexity index is 1260. The predicted molar refractivity (Wildman–Crippen MR) is 120 cm³/mol. The molecule has 10 heteroatoms. The van der Waals surface area contributed by atoms with E-state index in [-0.39, 0.29) is 18.2 Å². The number of anilines is 1. The maximum Gasteiger partial charge on any atom is 0.374 e. The number of esters is 1. The van der Waals surface area contributed by atoms with Crippen LogP contribution in [0, 0.1) is 0 Å². The number of aromatic nitrogens is 2. The minimum absolute atomic E-state index is 0.0182. The molecule has 0 fully saturated rings. The van der Waals surface area contributed by atoms with E-state index in [1.165, 1.54) is 24.3 Å². The van der Waals surface area contributed by atoms with E-state index >= 15 is 0 Å². The van der Waals surface area contributed by atoms with E-state index in [1.54, 1.807) is 65.6 Å². The third kappa shape index (κ3) is 5.41. The van der Waals surface area contributed by atoms with Crippen molar-refractivity contribution in [3.63, 3.8) is 0 Å². The zero-order valence-corrected chi connectivity index (χ0v) is 18.3. The van der Waals surface area contributed by atoms with Crippen LogP contribution in [-0.2, 0) is 22.6 Å². The van der Waals surface area contributed by atoms with Crippen LogP contribution >= 0.6 is 0 Å². The molecule has 4 rings (SSSR count). The number of amides is 2. The summed E-state index contributed by atoms with van der Waals surface area (Å²) in [7, 11) is 1.50. The number of ether oxygens (including phenoxy) is 1. The largest absolute Gasteiger partial charge is 0.467 e. The molecule has 0 atom stereocenters. The van der Waals surface area contributed by atoms with Crippen molar-refractivity contribution in [1.29, 1.82) is 0 Å². The van der Waals surface area contributed by atoms with Crippen molar-refractivity contribution < 1.29 is 28.0 Å². The number of rotatable bonds is 9. The van der Waals surface area contributed by atoms with Crippen LogP contribution < -0.4 is 10.2 Å². The van der Waals surface area contributed by atoms with E-state index in [2.05, 4.69) is 10.4 Å². The molecule has 0 saturated carbocycles. The van der Waals surface area contributed by atoms with E-state index in [9.17, 15) is 14.4 Å². The Balaban J connectivity index is 1.34. The number of furan rings is 2. The summed E-state index contributed by atoms with van der Waals surface area (Å²) in [6.45, 7) is 0.0502. The van der Waals surface area contributed by atoms with Gasteiger partial charge in [0.05, 0.1) is 30.6 Å². The van der Waals surface area contributed by atoms with Crippen molar-refractivity contribution in [3.05, 3.63) is 96.1 Å². The Morgan fingerprint density at radius 1 is 1.06 bits per heavy atom. The third-order valence-electron chi connectivity index (χ3n) is 4.95. The normalized spacial score (nSPS) is 10.6. The van der Waals surface area contributed by atoms with E-state index in [4.69, 9.17) is 13.6 Å². The SMILES string of the molecule is CN(C(=O)COC(=O)c1ccc(Cn2cccn2)o1)c1ccccc1C(=O)NCc1ccco1.